The number of likely N-dealkylation sites (N-methyl/N-ethyl adjacent to an activating group) is 1. The third-order valence-electron chi connectivity index (χ3n) is 3.04. The lowest BCUT2D eigenvalue weighted by Gasteiger charge is -2.17. The first-order valence-electron chi connectivity index (χ1n) is 6.64. The van der Waals surface area contributed by atoms with E-state index in [1.807, 2.05) is 11.4 Å². The first-order valence-corrected chi connectivity index (χ1v) is 6.64. The van der Waals surface area contributed by atoms with Gasteiger partial charge in [-0.15, -0.1) is 0 Å². The van der Waals surface area contributed by atoms with Gasteiger partial charge in [-0.2, -0.15) is 10.1 Å². The van der Waals surface area contributed by atoms with E-state index in [4.69, 9.17) is 0 Å². The van der Waals surface area contributed by atoms with Crippen LogP contribution >= 0.6 is 0 Å². The standard InChI is InChI=1S/C13H21N5/c1-4-6-11(14-5-2)8-12-7-10(3)17-13-15-9-16-18(12)13/h7,9,11,14H,4-6,8H2,1-3H3. The monoisotopic (exact) mass is 247 g/mol. The van der Waals surface area contributed by atoms with E-state index in [-0.39, 0.29) is 0 Å². The van der Waals surface area contributed by atoms with Gasteiger partial charge in [0.15, 0.2) is 0 Å². The summed E-state index contributed by atoms with van der Waals surface area (Å²) in [5, 5.41) is 7.77. The quantitative estimate of drug-likeness (QED) is 0.845. The zero-order valence-corrected chi connectivity index (χ0v) is 11.3. The van der Waals surface area contributed by atoms with Crippen LogP contribution in [0, 0.1) is 6.92 Å². The van der Waals surface area contributed by atoms with Gasteiger partial charge < -0.3 is 5.32 Å². The molecule has 1 atom stereocenters. The highest BCUT2D eigenvalue weighted by molar-refractivity contribution is 5.30. The molecule has 2 aromatic heterocycles. The number of hydrogen-bond donors (Lipinski definition) is 1. The maximum atomic E-state index is 4.36. The van der Waals surface area contributed by atoms with Crippen molar-refractivity contribution in [2.24, 2.45) is 0 Å². The van der Waals surface area contributed by atoms with Crippen LogP contribution in [0.1, 0.15) is 38.1 Å². The largest absolute Gasteiger partial charge is 0.314 e. The molecule has 2 rings (SSSR count). The predicted octanol–water partition coefficient (Wildman–Crippen LogP) is 1.75. The zero-order chi connectivity index (χ0) is 13.0. The van der Waals surface area contributed by atoms with Crippen LogP contribution in [0.2, 0.25) is 0 Å². The van der Waals surface area contributed by atoms with Crippen LogP contribution in [-0.2, 0) is 6.42 Å². The van der Waals surface area contributed by atoms with Crippen molar-refractivity contribution in [2.45, 2.75) is 46.1 Å². The average Bonchev–Trinajstić information content (AvgIpc) is 2.77. The van der Waals surface area contributed by atoms with E-state index in [9.17, 15) is 0 Å². The Balaban J connectivity index is 2.26. The Bertz CT molecular complexity index is 499. The smallest absolute Gasteiger partial charge is 0.252 e. The summed E-state index contributed by atoms with van der Waals surface area (Å²) in [5.41, 5.74) is 2.17. The van der Waals surface area contributed by atoms with Crippen molar-refractivity contribution < 1.29 is 0 Å². The molecule has 2 heterocycles. The average molecular weight is 247 g/mol. The zero-order valence-electron chi connectivity index (χ0n) is 11.3. The number of nitrogens with one attached hydrogen (secondary N) is 1. The summed E-state index contributed by atoms with van der Waals surface area (Å²) in [5.74, 6) is 0.691. The minimum absolute atomic E-state index is 0.495. The van der Waals surface area contributed by atoms with Crippen LogP contribution < -0.4 is 5.32 Å². The molecule has 1 unspecified atom stereocenters. The lowest BCUT2D eigenvalue weighted by Crippen LogP contribution is -2.31. The third-order valence-corrected chi connectivity index (χ3v) is 3.04. The van der Waals surface area contributed by atoms with E-state index in [1.165, 1.54) is 18.5 Å². The van der Waals surface area contributed by atoms with Crippen molar-refractivity contribution in [1.82, 2.24) is 24.9 Å². The summed E-state index contributed by atoms with van der Waals surface area (Å²) in [7, 11) is 0. The van der Waals surface area contributed by atoms with Crippen molar-refractivity contribution in [2.75, 3.05) is 6.54 Å². The Hall–Kier alpha value is -1.49. The van der Waals surface area contributed by atoms with Crippen LogP contribution in [0.3, 0.4) is 0 Å². The minimum atomic E-state index is 0.495. The molecule has 0 saturated heterocycles. The number of rotatable bonds is 6. The molecule has 0 bridgehead atoms. The van der Waals surface area contributed by atoms with Crippen molar-refractivity contribution in [3.8, 4) is 0 Å². The van der Waals surface area contributed by atoms with Gasteiger partial charge in [-0.1, -0.05) is 20.3 Å². The molecule has 0 saturated carbocycles. The highest BCUT2D eigenvalue weighted by atomic mass is 15.3. The van der Waals surface area contributed by atoms with Gasteiger partial charge >= 0.3 is 0 Å². The molecule has 0 aromatic carbocycles. The fourth-order valence-electron chi connectivity index (χ4n) is 2.32. The SMILES string of the molecule is CCCC(Cc1cc(C)nc2ncnn12)NCC. The Labute approximate surface area is 108 Å². The van der Waals surface area contributed by atoms with Gasteiger partial charge in [0.2, 0.25) is 0 Å². The fraction of sp³-hybridized carbons (Fsp3) is 0.615. The number of nitrogens with zero attached hydrogens (tertiary/aromatic N) is 4. The molecule has 0 aliphatic heterocycles. The van der Waals surface area contributed by atoms with Crippen LogP contribution in [0.5, 0.6) is 0 Å². The number of aromatic nitrogens is 4. The fourth-order valence-corrected chi connectivity index (χ4v) is 2.32. The normalized spacial score (nSPS) is 13.1. The maximum Gasteiger partial charge on any atom is 0.252 e. The van der Waals surface area contributed by atoms with Crippen LogP contribution in [0.15, 0.2) is 12.4 Å². The van der Waals surface area contributed by atoms with E-state index in [0.717, 1.165) is 18.7 Å². The highest BCUT2D eigenvalue weighted by Crippen LogP contribution is 2.10. The molecular weight excluding hydrogens is 226 g/mol. The number of hydrogen-bond acceptors (Lipinski definition) is 4. The summed E-state index contributed by atoms with van der Waals surface area (Å²) in [6.07, 6.45) is 4.88. The molecule has 18 heavy (non-hydrogen) atoms. The van der Waals surface area contributed by atoms with Crippen molar-refractivity contribution in [3.05, 3.63) is 23.8 Å². The summed E-state index contributed by atoms with van der Waals surface area (Å²) < 4.78 is 1.84. The summed E-state index contributed by atoms with van der Waals surface area (Å²) in [4.78, 5) is 8.52. The molecule has 0 spiro atoms. The van der Waals surface area contributed by atoms with E-state index in [0.29, 0.717) is 11.8 Å². The Kier molecular flexibility index (Phi) is 4.25. The molecule has 98 valence electrons. The van der Waals surface area contributed by atoms with Gasteiger partial charge in [-0.3, -0.25) is 0 Å². The first kappa shape index (κ1) is 13.0. The number of fused-ring (bicyclic) bond motifs is 1. The van der Waals surface area contributed by atoms with Gasteiger partial charge in [0.25, 0.3) is 5.78 Å². The maximum absolute atomic E-state index is 4.36. The van der Waals surface area contributed by atoms with Gasteiger partial charge in [0.1, 0.15) is 6.33 Å². The van der Waals surface area contributed by atoms with E-state index < -0.39 is 0 Å². The third kappa shape index (κ3) is 2.85. The molecule has 5 heteroatoms. The van der Waals surface area contributed by atoms with E-state index in [2.05, 4.69) is 40.3 Å². The van der Waals surface area contributed by atoms with Crippen molar-refractivity contribution >= 4 is 5.78 Å². The van der Waals surface area contributed by atoms with E-state index in [1.54, 1.807) is 6.33 Å². The predicted molar refractivity (Wildman–Crippen MR) is 71.6 cm³/mol. The number of aryl methyl sites for hydroxylation is 1. The van der Waals surface area contributed by atoms with Gasteiger partial charge in [0.05, 0.1) is 0 Å². The van der Waals surface area contributed by atoms with Crippen LogP contribution in [0.4, 0.5) is 0 Å². The summed E-state index contributed by atoms with van der Waals surface area (Å²) in [6, 6.07) is 2.59. The molecule has 5 nitrogen and oxygen atoms in total. The first-order chi connectivity index (χ1) is 8.74. The van der Waals surface area contributed by atoms with Crippen LogP contribution in [-0.4, -0.2) is 32.2 Å². The molecule has 0 aliphatic carbocycles. The van der Waals surface area contributed by atoms with Crippen LogP contribution in [0.25, 0.3) is 5.78 Å². The molecule has 0 amide bonds. The Morgan fingerprint density at radius 1 is 1.39 bits per heavy atom. The molecule has 1 N–H and O–H groups in total. The molecule has 0 radical (unpaired) electrons. The summed E-state index contributed by atoms with van der Waals surface area (Å²) in [6.45, 7) is 7.36. The molecule has 2 aromatic rings. The second-order valence-corrected chi connectivity index (χ2v) is 4.61. The Morgan fingerprint density at radius 3 is 2.94 bits per heavy atom. The lowest BCUT2D eigenvalue weighted by molar-refractivity contribution is 0.477. The van der Waals surface area contributed by atoms with Gasteiger partial charge in [-0.25, -0.2) is 9.50 Å². The molecule has 0 aliphatic rings. The second-order valence-electron chi connectivity index (χ2n) is 4.61. The van der Waals surface area contributed by atoms with Crippen molar-refractivity contribution in [3.63, 3.8) is 0 Å². The Morgan fingerprint density at radius 2 is 2.22 bits per heavy atom. The molecular formula is C13H21N5. The highest BCUT2D eigenvalue weighted by Gasteiger charge is 2.12. The van der Waals surface area contributed by atoms with Gasteiger partial charge in [-0.05, 0) is 26.0 Å². The molecule has 0 fully saturated rings. The minimum Gasteiger partial charge on any atom is -0.314 e. The summed E-state index contributed by atoms with van der Waals surface area (Å²) >= 11 is 0. The lowest BCUT2D eigenvalue weighted by atomic mass is 10.1. The van der Waals surface area contributed by atoms with Crippen molar-refractivity contribution in [1.29, 1.82) is 0 Å². The second kappa shape index (κ2) is 5.91. The van der Waals surface area contributed by atoms with E-state index >= 15 is 0 Å². The topological polar surface area (TPSA) is 55.1 Å². The van der Waals surface area contributed by atoms with Gasteiger partial charge in [0, 0.05) is 23.9 Å².